The molecule has 0 aliphatic carbocycles. The van der Waals surface area contributed by atoms with Crippen molar-refractivity contribution in [3.8, 4) is 0 Å². The quantitative estimate of drug-likeness (QED) is 0.654. The van der Waals surface area contributed by atoms with Gasteiger partial charge in [0.1, 0.15) is 5.78 Å². The van der Waals surface area contributed by atoms with Crippen LogP contribution in [0.15, 0.2) is 0 Å². The number of carbonyl (C=O) groups is 1. The highest BCUT2D eigenvalue weighted by atomic mass is 16.3. The summed E-state index contributed by atoms with van der Waals surface area (Å²) >= 11 is 0. The summed E-state index contributed by atoms with van der Waals surface area (Å²) in [5.41, 5.74) is 0. The molecule has 0 radical (unpaired) electrons. The zero-order chi connectivity index (χ0) is 9.30. The number of nitrogens with zero attached hydrogens (tertiary/aromatic N) is 1. The van der Waals surface area contributed by atoms with Crippen molar-refractivity contribution in [1.29, 1.82) is 0 Å². The van der Waals surface area contributed by atoms with Crippen molar-refractivity contribution in [2.45, 2.75) is 45.4 Å². The van der Waals surface area contributed by atoms with Crippen molar-refractivity contribution in [3.63, 3.8) is 0 Å². The second kappa shape index (κ2) is 3.54. The lowest BCUT2D eigenvalue weighted by atomic mass is 10.2. The maximum atomic E-state index is 11.1. The van der Waals surface area contributed by atoms with Crippen LogP contribution < -0.4 is 0 Å². The van der Waals surface area contributed by atoms with Crippen LogP contribution in [0.5, 0.6) is 0 Å². The van der Waals surface area contributed by atoms with Crippen LogP contribution in [0.1, 0.15) is 27.2 Å². The lowest BCUT2D eigenvalue weighted by Gasteiger charge is -2.25. The molecule has 0 bridgehead atoms. The molecule has 1 aliphatic rings. The standard InChI is InChI=1S/C9H17NO2/c1-6-4-9(12)5-10(6)7(2)8(3)11/h6-7,9,12H,4-5H2,1-3H3. The van der Waals surface area contributed by atoms with E-state index in [1.807, 2.05) is 6.92 Å². The highest BCUT2D eigenvalue weighted by Crippen LogP contribution is 2.20. The molecule has 0 aromatic carbocycles. The van der Waals surface area contributed by atoms with E-state index in [0.717, 1.165) is 6.42 Å². The monoisotopic (exact) mass is 171 g/mol. The Labute approximate surface area is 73.4 Å². The Balaban J connectivity index is 2.57. The number of hydrogen-bond acceptors (Lipinski definition) is 3. The average Bonchev–Trinajstić information content (AvgIpc) is 2.28. The van der Waals surface area contributed by atoms with Crippen molar-refractivity contribution in [2.75, 3.05) is 6.54 Å². The smallest absolute Gasteiger partial charge is 0.146 e. The summed E-state index contributed by atoms with van der Waals surface area (Å²) in [6.45, 7) is 6.19. The van der Waals surface area contributed by atoms with E-state index in [0.29, 0.717) is 12.6 Å². The van der Waals surface area contributed by atoms with Crippen molar-refractivity contribution >= 4 is 5.78 Å². The molecule has 3 atom stereocenters. The van der Waals surface area contributed by atoms with Crippen LogP contribution in [0.2, 0.25) is 0 Å². The SMILES string of the molecule is CC(=O)C(C)N1CC(O)CC1C. The largest absolute Gasteiger partial charge is 0.392 e. The first-order chi connectivity index (χ1) is 5.52. The highest BCUT2D eigenvalue weighted by molar-refractivity contribution is 5.81. The average molecular weight is 171 g/mol. The van der Waals surface area contributed by atoms with E-state index in [1.54, 1.807) is 6.92 Å². The molecule has 1 saturated heterocycles. The molecular formula is C9H17NO2. The zero-order valence-corrected chi connectivity index (χ0v) is 7.95. The Morgan fingerprint density at radius 1 is 1.67 bits per heavy atom. The Morgan fingerprint density at radius 2 is 2.25 bits per heavy atom. The lowest BCUT2D eigenvalue weighted by molar-refractivity contribution is -0.121. The molecule has 0 aromatic rings. The van der Waals surface area contributed by atoms with Crippen LogP contribution in [-0.4, -0.2) is 40.5 Å². The van der Waals surface area contributed by atoms with Crippen LogP contribution in [0, 0.1) is 0 Å². The fourth-order valence-corrected chi connectivity index (χ4v) is 1.80. The second-order valence-corrected chi connectivity index (χ2v) is 3.72. The van der Waals surface area contributed by atoms with Gasteiger partial charge in [0.25, 0.3) is 0 Å². The van der Waals surface area contributed by atoms with E-state index in [2.05, 4.69) is 11.8 Å². The van der Waals surface area contributed by atoms with E-state index in [1.165, 1.54) is 0 Å². The van der Waals surface area contributed by atoms with E-state index >= 15 is 0 Å². The number of aliphatic hydroxyl groups excluding tert-OH is 1. The zero-order valence-electron chi connectivity index (χ0n) is 7.95. The molecule has 3 heteroatoms. The summed E-state index contributed by atoms with van der Waals surface area (Å²) in [7, 11) is 0. The van der Waals surface area contributed by atoms with Crippen molar-refractivity contribution in [2.24, 2.45) is 0 Å². The normalized spacial score (nSPS) is 33.7. The Bertz CT molecular complexity index is 181. The third kappa shape index (κ3) is 1.84. The second-order valence-electron chi connectivity index (χ2n) is 3.72. The van der Waals surface area contributed by atoms with Gasteiger partial charge in [-0.1, -0.05) is 0 Å². The number of rotatable bonds is 2. The van der Waals surface area contributed by atoms with Crippen LogP contribution in [0.3, 0.4) is 0 Å². The molecule has 0 amide bonds. The maximum absolute atomic E-state index is 11.1. The van der Waals surface area contributed by atoms with Gasteiger partial charge in [0, 0.05) is 12.6 Å². The van der Waals surface area contributed by atoms with Gasteiger partial charge in [-0.05, 0) is 27.2 Å². The van der Waals surface area contributed by atoms with Gasteiger partial charge in [-0.3, -0.25) is 9.69 Å². The molecule has 1 heterocycles. The van der Waals surface area contributed by atoms with E-state index < -0.39 is 0 Å². The third-order valence-corrected chi connectivity index (χ3v) is 2.69. The molecule has 3 nitrogen and oxygen atoms in total. The molecule has 0 aromatic heterocycles. The number of likely N-dealkylation sites (tertiary alicyclic amines) is 1. The molecule has 0 spiro atoms. The van der Waals surface area contributed by atoms with Gasteiger partial charge in [-0.2, -0.15) is 0 Å². The minimum atomic E-state index is -0.248. The molecule has 1 aliphatic heterocycles. The molecular weight excluding hydrogens is 154 g/mol. The van der Waals surface area contributed by atoms with Crippen LogP contribution in [0.4, 0.5) is 0 Å². The predicted octanol–water partition coefficient (Wildman–Crippen LogP) is 0.419. The summed E-state index contributed by atoms with van der Waals surface area (Å²) in [6, 6.07) is 0.288. The molecule has 1 rings (SSSR count). The number of β-amino-alcohol motifs (C(OH)–C–C–N with tert-alkyl or cyclic N) is 1. The van der Waals surface area contributed by atoms with Gasteiger partial charge in [0.15, 0.2) is 0 Å². The fourth-order valence-electron chi connectivity index (χ4n) is 1.80. The number of Topliss-reactive ketones (excluding diaryl/α,β-unsaturated/α-hetero) is 1. The molecule has 12 heavy (non-hydrogen) atoms. The molecule has 0 saturated carbocycles. The van der Waals surface area contributed by atoms with Gasteiger partial charge in [-0.25, -0.2) is 0 Å². The number of aliphatic hydroxyl groups is 1. The summed E-state index contributed by atoms with van der Waals surface area (Å²) in [6.07, 6.45) is 0.541. The Morgan fingerprint density at radius 3 is 2.58 bits per heavy atom. The fraction of sp³-hybridized carbons (Fsp3) is 0.889. The summed E-state index contributed by atoms with van der Waals surface area (Å²) in [5, 5.41) is 9.35. The minimum Gasteiger partial charge on any atom is -0.392 e. The summed E-state index contributed by atoms with van der Waals surface area (Å²) < 4.78 is 0. The first kappa shape index (κ1) is 9.68. The van der Waals surface area contributed by atoms with Gasteiger partial charge < -0.3 is 5.11 Å². The van der Waals surface area contributed by atoms with E-state index in [-0.39, 0.29) is 17.9 Å². The first-order valence-corrected chi connectivity index (χ1v) is 4.46. The van der Waals surface area contributed by atoms with Crippen molar-refractivity contribution in [1.82, 2.24) is 4.90 Å². The molecule has 3 unspecified atom stereocenters. The molecule has 1 N–H and O–H groups in total. The minimum absolute atomic E-state index is 0.0443. The summed E-state index contributed by atoms with van der Waals surface area (Å²) in [4.78, 5) is 13.1. The number of ketones is 1. The van der Waals surface area contributed by atoms with Gasteiger partial charge >= 0.3 is 0 Å². The van der Waals surface area contributed by atoms with Crippen LogP contribution >= 0.6 is 0 Å². The van der Waals surface area contributed by atoms with E-state index in [4.69, 9.17) is 0 Å². The van der Waals surface area contributed by atoms with Crippen LogP contribution in [-0.2, 0) is 4.79 Å². The maximum Gasteiger partial charge on any atom is 0.146 e. The number of hydrogen-bond donors (Lipinski definition) is 1. The van der Waals surface area contributed by atoms with Gasteiger partial charge in [0.05, 0.1) is 12.1 Å². The Hall–Kier alpha value is -0.410. The lowest BCUT2D eigenvalue weighted by Crippen LogP contribution is -2.40. The molecule has 70 valence electrons. The molecule has 1 fully saturated rings. The predicted molar refractivity (Wildman–Crippen MR) is 46.9 cm³/mol. The van der Waals surface area contributed by atoms with Crippen molar-refractivity contribution < 1.29 is 9.90 Å². The topological polar surface area (TPSA) is 40.5 Å². The number of carbonyl (C=O) groups excluding carboxylic acids is 1. The van der Waals surface area contributed by atoms with E-state index in [9.17, 15) is 9.90 Å². The highest BCUT2D eigenvalue weighted by Gasteiger charge is 2.32. The summed E-state index contributed by atoms with van der Waals surface area (Å²) in [5.74, 6) is 0.177. The first-order valence-electron chi connectivity index (χ1n) is 4.46. The third-order valence-electron chi connectivity index (χ3n) is 2.69. The van der Waals surface area contributed by atoms with Gasteiger partial charge in [0.2, 0.25) is 0 Å². The van der Waals surface area contributed by atoms with Gasteiger partial charge in [-0.15, -0.1) is 0 Å². The Kier molecular flexibility index (Phi) is 2.85. The van der Waals surface area contributed by atoms with Crippen molar-refractivity contribution in [3.05, 3.63) is 0 Å². The van der Waals surface area contributed by atoms with Crippen LogP contribution in [0.25, 0.3) is 0 Å².